The monoisotopic (exact) mass is 239 g/mol. The van der Waals surface area contributed by atoms with Gasteiger partial charge in [-0.2, -0.15) is 0 Å². The van der Waals surface area contributed by atoms with Crippen LogP contribution in [0, 0.1) is 0 Å². The molecule has 90 valence electrons. The van der Waals surface area contributed by atoms with Crippen LogP contribution < -0.4 is 10.8 Å². The Morgan fingerprint density at radius 1 is 1.17 bits per heavy atom. The summed E-state index contributed by atoms with van der Waals surface area (Å²) in [7, 11) is -0.779. The third kappa shape index (κ3) is 2.25. The first-order chi connectivity index (χ1) is 8.83. The summed E-state index contributed by atoms with van der Waals surface area (Å²) in [5.41, 5.74) is 4.16. The van der Waals surface area contributed by atoms with Crippen LogP contribution in [0.5, 0.6) is 0 Å². The van der Waals surface area contributed by atoms with E-state index in [2.05, 4.69) is 17.4 Å². The normalized spacial score (nSPS) is 13.5. The molecule has 0 amide bonds. The molecule has 0 fully saturated rings. The van der Waals surface area contributed by atoms with Crippen LogP contribution >= 0.6 is 0 Å². The highest BCUT2D eigenvalue weighted by atomic mass is 16.5. The predicted molar refractivity (Wildman–Crippen MR) is 72.6 cm³/mol. The molecule has 0 bridgehead atoms. The molecule has 1 aliphatic heterocycles. The quantitative estimate of drug-likeness (QED) is 0.798. The maximum absolute atomic E-state index is 9.64. The first kappa shape index (κ1) is 11.3. The lowest BCUT2D eigenvalue weighted by molar-refractivity contribution is 0.275. The van der Waals surface area contributed by atoms with Crippen molar-refractivity contribution in [1.29, 1.82) is 0 Å². The van der Waals surface area contributed by atoms with Gasteiger partial charge in [0.1, 0.15) is 0 Å². The minimum Gasteiger partial charge on any atom is -0.423 e. The zero-order valence-corrected chi connectivity index (χ0v) is 9.97. The molecule has 2 aromatic carbocycles. The Balaban J connectivity index is 1.72. The van der Waals surface area contributed by atoms with E-state index >= 15 is 0 Å². The van der Waals surface area contributed by atoms with Crippen LogP contribution in [-0.2, 0) is 17.8 Å². The average molecular weight is 239 g/mol. The Kier molecular flexibility index (Phi) is 3.05. The molecule has 0 saturated carbocycles. The highest BCUT2D eigenvalue weighted by Crippen LogP contribution is 2.15. The third-order valence-corrected chi connectivity index (χ3v) is 3.15. The fourth-order valence-electron chi connectivity index (χ4n) is 2.12. The van der Waals surface area contributed by atoms with E-state index in [0.29, 0.717) is 6.61 Å². The summed E-state index contributed by atoms with van der Waals surface area (Å²) >= 11 is 0. The number of hydrogen-bond acceptors (Lipinski definition) is 3. The molecule has 4 heteroatoms. The molecule has 18 heavy (non-hydrogen) atoms. The summed E-state index contributed by atoms with van der Waals surface area (Å²) in [6.45, 7) is 1.27. The van der Waals surface area contributed by atoms with Crippen LogP contribution in [0.4, 0.5) is 5.69 Å². The van der Waals surface area contributed by atoms with Crippen molar-refractivity contribution >= 4 is 18.3 Å². The predicted octanol–water partition coefficient (Wildman–Crippen LogP) is 1.52. The van der Waals surface area contributed by atoms with E-state index in [-0.39, 0.29) is 0 Å². The summed E-state index contributed by atoms with van der Waals surface area (Å²) in [6.07, 6.45) is 0. The second-order valence-corrected chi connectivity index (χ2v) is 4.42. The van der Waals surface area contributed by atoms with Gasteiger partial charge in [0.15, 0.2) is 0 Å². The summed E-state index contributed by atoms with van der Waals surface area (Å²) in [5, 5.41) is 13.0. The van der Waals surface area contributed by atoms with Gasteiger partial charge in [-0.1, -0.05) is 36.4 Å². The van der Waals surface area contributed by atoms with Gasteiger partial charge in [-0.05, 0) is 28.7 Å². The van der Waals surface area contributed by atoms with Crippen LogP contribution in [0.3, 0.4) is 0 Å². The van der Waals surface area contributed by atoms with Gasteiger partial charge < -0.3 is 15.0 Å². The number of anilines is 1. The van der Waals surface area contributed by atoms with Crippen molar-refractivity contribution in [3.8, 4) is 0 Å². The molecule has 2 N–H and O–H groups in total. The van der Waals surface area contributed by atoms with E-state index < -0.39 is 7.12 Å². The lowest BCUT2D eigenvalue weighted by Crippen LogP contribution is -2.28. The molecule has 0 aliphatic carbocycles. The van der Waals surface area contributed by atoms with Gasteiger partial charge >= 0.3 is 7.12 Å². The Hall–Kier alpha value is -1.78. The molecule has 0 unspecified atom stereocenters. The molecule has 0 saturated heterocycles. The molecular formula is C14H14BNO2. The Bertz CT molecular complexity index is 545. The first-order valence-electron chi connectivity index (χ1n) is 6.03. The van der Waals surface area contributed by atoms with Crippen molar-refractivity contribution in [2.75, 3.05) is 5.32 Å². The topological polar surface area (TPSA) is 41.5 Å². The number of fused-ring (bicyclic) bond motifs is 1. The van der Waals surface area contributed by atoms with Gasteiger partial charge in [-0.3, -0.25) is 0 Å². The molecule has 0 aromatic heterocycles. The molecule has 0 spiro atoms. The van der Waals surface area contributed by atoms with E-state index in [0.717, 1.165) is 23.3 Å². The maximum atomic E-state index is 9.64. The van der Waals surface area contributed by atoms with Crippen LogP contribution in [-0.4, -0.2) is 12.1 Å². The highest BCUT2D eigenvalue weighted by Gasteiger charge is 2.27. The zero-order valence-electron chi connectivity index (χ0n) is 9.97. The van der Waals surface area contributed by atoms with Gasteiger partial charge in [-0.15, -0.1) is 0 Å². The van der Waals surface area contributed by atoms with E-state index in [1.165, 1.54) is 5.56 Å². The largest absolute Gasteiger partial charge is 0.491 e. The minimum atomic E-state index is -0.779. The number of hydrogen-bond donors (Lipinski definition) is 2. The van der Waals surface area contributed by atoms with Crippen molar-refractivity contribution in [3.05, 3.63) is 59.7 Å². The molecule has 2 aromatic rings. The van der Waals surface area contributed by atoms with Crippen LogP contribution in [0.2, 0.25) is 0 Å². The lowest BCUT2D eigenvalue weighted by atomic mass is 9.79. The Labute approximate surface area is 107 Å². The molecule has 1 heterocycles. The van der Waals surface area contributed by atoms with Crippen molar-refractivity contribution in [2.24, 2.45) is 0 Å². The number of rotatable bonds is 3. The molecular weight excluding hydrogens is 225 g/mol. The Morgan fingerprint density at radius 3 is 2.83 bits per heavy atom. The smallest absolute Gasteiger partial charge is 0.423 e. The molecule has 3 rings (SSSR count). The Morgan fingerprint density at radius 2 is 2.00 bits per heavy atom. The SMILES string of the molecule is OB1OCc2ccc(NCc3ccccc3)cc21. The summed E-state index contributed by atoms with van der Waals surface area (Å²) in [6, 6.07) is 16.2. The van der Waals surface area contributed by atoms with Gasteiger partial charge in [0.2, 0.25) is 0 Å². The van der Waals surface area contributed by atoms with Crippen molar-refractivity contribution in [1.82, 2.24) is 0 Å². The molecule has 1 aliphatic rings. The minimum absolute atomic E-state index is 0.496. The number of nitrogens with one attached hydrogen (secondary N) is 1. The third-order valence-electron chi connectivity index (χ3n) is 3.15. The fraction of sp³-hybridized carbons (Fsp3) is 0.143. The van der Waals surface area contributed by atoms with Gasteiger partial charge in [0.25, 0.3) is 0 Å². The van der Waals surface area contributed by atoms with Gasteiger partial charge in [-0.25, -0.2) is 0 Å². The molecule has 0 atom stereocenters. The van der Waals surface area contributed by atoms with E-state index in [1.54, 1.807) is 0 Å². The first-order valence-corrected chi connectivity index (χ1v) is 6.03. The van der Waals surface area contributed by atoms with E-state index in [9.17, 15) is 5.02 Å². The van der Waals surface area contributed by atoms with Gasteiger partial charge in [0.05, 0.1) is 6.61 Å². The molecule has 0 radical (unpaired) electrons. The van der Waals surface area contributed by atoms with E-state index in [1.807, 2.05) is 36.4 Å². The average Bonchev–Trinajstić information content (AvgIpc) is 2.79. The van der Waals surface area contributed by atoms with Crippen molar-refractivity contribution in [3.63, 3.8) is 0 Å². The highest BCUT2D eigenvalue weighted by molar-refractivity contribution is 6.61. The fourth-order valence-corrected chi connectivity index (χ4v) is 2.12. The van der Waals surface area contributed by atoms with Crippen LogP contribution in [0.15, 0.2) is 48.5 Å². The maximum Gasteiger partial charge on any atom is 0.491 e. The van der Waals surface area contributed by atoms with Crippen LogP contribution in [0.1, 0.15) is 11.1 Å². The van der Waals surface area contributed by atoms with Crippen LogP contribution in [0.25, 0.3) is 0 Å². The van der Waals surface area contributed by atoms with E-state index in [4.69, 9.17) is 4.65 Å². The van der Waals surface area contributed by atoms with Crippen molar-refractivity contribution < 1.29 is 9.68 Å². The summed E-state index contributed by atoms with van der Waals surface area (Å²) in [4.78, 5) is 0. The molecule has 3 nitrogen and oxygen atoms in total. The van der Waals surface area contributed by atoms with Crippen molar-refractivity contribution in [2.45, 2.75) is 13.2 Å². The zero-order chi connectivity index (χ0) is 12.4. The lowest BCUT2D eigenvalue weighted by Gasteiger charge is -2.08. The number of benzene rings is 2. The van der Waals surface area contributed by atoms with Gasteiger partial charge in [0, 0.05) is 12.2 Å². The second-order valence-electron chi connectivity index (χ2n) is 4.42. The summed E-state index contributed by atoms with van der Waals surface area (Å²) < 4.78 is 5.17. The summed E-state index contributed by atoms with van der Waals surface area (Å²) in [5.74, 6) is 0. The second kappa shape index (κ2) is 4.84. The standard InChI is InChI=1S/C14H14BNO2/c17-15-14-8-13(7-6-12(14)10-18-15)16-9-11-4-2-1-3-5-11/h1-8,16-17H,9-10H2.